The molecule has 3 aromatic rings. The normalized spacial score (nSPS) is 16.0. The van der Waals surface area contributed by atoms with Crippen LogP contribution >= 0.6 is 11.6 Å². The van der Waals surface area contributed by atoms with Crippen molar-refractivity contribution in [1.82, 2.24) is 4.98 Å². The summed E-state index contributed by atoms with van der Waals surface area (Å²) in [6.07, 6.45) is 6.75. The van der Waals surface area contributed by atoms with Crippen molar-refractivity contribution in [2.75, 3.05) is 0 Å². The number of benzene rings is 2. The lowest BCUT2D eigenvalue weighted by atomic mass is 10.0. The number of aromatic hydroxyl groups is 1. The Balaban J connectivity index is 1.59. The molecule has 0 bridgehead atoms. The largest absolute Gasteiger partial charge is 0.508 e. The quantitative estimate of drug-likeness (QED) is 0.600. The molecule has 0 spiro atoms. The van der Waals surface area contributed by atoms with Crippen molar-refractivity contribution < 1.29 is 15.0 Å². The maximum absolute atomic E-state index is 11.4. The minimum absolute atomic E-state index is 0.00320. The van der Waals surface area contributed by atoms with E-state index >= 15 is 0 Å². The molecular formula is C21H17ClN2O3. The zero-order chi connectivity index (χ0) is 19.0. The van der Waals surface area contributed by atoms with Crippen molar-refractivity contribution in [2.24, 2.45) is 4.99 Å². The van der Waals surface area contributed by atoms with E-state index in [0.29, 0.717) is 28.1 Å². The van der Waals surface area contributed by atoms with Gasteiger partial charge in [0, 0.05) is 28.9 Å². The van der Waals surface area contributed by atoms with Crippen LogP contribution in [0, 0.1) is 0 Å². The van der Waals surface area contributed by atoms with Crippen LogP contribution in [0.2, 0.25) is 5.02 Å². The topological polar surface area (TPSA) is 85.7 Å². The van der Waals surface area contributed by atoms with E-state index in [-0.39, 0.29) is 11.6 Å². The first-order chi connectivity index (χ1) is 13.0. The Hall–Kier alpha value is -3.05. The highest BCUT2D eigenvalue weighted by atomic mass is 35.5. The third-order valence-corrected chi connectivity index (χ3v) is 5.10. The van der Waals surface area contributed by atoms with Crippen LogP contribution in [-0.4, -0.2) is 33.4 Å². The number of nitrogens with zero attached hydrogens (tertiary/aromatic N) is 1. The number of rotatable bonds is 5. The van der Waals surface area contributed by atoms with Gasteiger partial charge in [-0.3, -0.25) is 4.99 Å². The predicted octanol–water partition coefficient (Wildman–Crippen LogP) is 4.69. The third-order valence-electron chi connectivity index (χ3n) is 4.79. The molecule has 136 valence electrons. The van der Waals surface area contributed by atoms with Crippen LogP contribution in [0.4, 0.5) is 0 Å². The number of para-hydroxylation sites is 1. The van der Waals surface area contributed by atoms with Gasteiger partial charge in [0.1, 0.15) is 5.75 Å². The van der Waals surface area contributed by atoms with Crippen LogP contribution in [0.25, 0.3) is 16.5 Å². The minimum Gasteiger partial charge on any atom is -0.508 e. The van der Waals surface area contributed by atoms with E-state index in [0.717, 1.165) is 23.1 Å². The Morgan fingerprint density at radius 3 is 2.85 bits per heavy atom. The van der Waals surface area contributed by atoms with E-state index in [4.69, 9.17) is 11.6 Å². The zero-order valence-electron chi connectivity index (χ0n) is 14.3. The number of hydrogen-bond donors (Lipinski definition) is 3. The number of allylic oxidation sites excluding steroid dienone is 1. The fourth-order valence-electron chi connectivity index (χ4n) is 3.35. The number of aryl methyl sites for hydroxylation is 1. The van der Waals surface area contributed by atoms with Gasteiger partial charge in [-0.25, -0.2) is 4.79 Å². The molecular weight excluding hydrogens is 364 g/mol. The second-order valence-electron chi connectivity index (χ2n) is 6.52. The molecule has 0 amide bonds. The van der Waals surface area contributed by atoms with Crippen molar-refractivity contribution in [3.8, 4) is 5.75 Å². The van der Waals surface area contributed by atoms with E-state index in [1.54, 1.807) is 30.5 Å². The van der Waals surface area contributed by atoms with Gasteiger partial charge in [-0.05, 0) is 42.2 Å². The molecule has 1 unspecified atom stereocenters. The first-order valence-electron chi connectivity index (χ1n) is 8.59. The number of carboxylic acid groups (broad SMARTS) is 1. The van der Waals surface area contributed by atoms with E-state index in [1.165, 1.54) is 6.20 Å². The standard InChI is InChI=1S/C21H17ClN2O3/c22-18-9-19-16(17(11-24-19)21(26)27)8-15(18)13-7-14(23-10-13)6-5-12-3-1-2-4-20(12)25/h1-4,7-11,14,24-25H,5-6H2,(H,26,27). The lowest BCUT2D eigenvalue weighted by molar-refractivity contribution is 0.0699. The van der Waals surface area contributed by atoms with E-state index in [2.05, 4.69) is 9.98 Å². The summed E-state index contributed by atoms with van der Waals surface area (Å²) in [5.41, 5.74) is 3.44. The highest BCUT2D eigenvalue weighted by Crippen LogP contribution is 2.32. The smallest absolute Gasteiger partial charge is 0.337 e. The Labute approximate surface area is 160 Å². The van der Waals surface area contributed by atoms with Crippen molar-refractivity contribution in [2.45, 2.75) is 18.9 Å². The van der Waals surface area contributed by atoms with Crippen LogP contribution in [0.1, 0.15) is 27.9 Å². The van der Waals surface area contributed by atoms with E-state index < -0.39 is 5.97 Å². The number of hydrogen-bond acceptors (Lipinski definition) is 3. The predicted molar refractivity (Wildman–Crippen MR) is 107 cm³/mol. The molecule has 27 heavy (non-hydrogen) atoms. The summed E-state index contributed by atoms with van der Waals surface area (Å²) < 4.78 is 0. The monoisotopic (exact) mass is 380 g/mol. The number of aliphatic imine (C=N–C) groups is 1. The first kappa shape index (κ1) is 17.4. The van der Waals surface area contributed by atoms with Crippen molar-refractivity contribution >= 4 is 40.3 Å². The molecule has 1 aliphatic heterocycles. The van der Waals surface area contributed by atoms with Crippen LogP contribution in [-0.2, 0) is 6.42 Å². The average molecular weight is 381 g/mol. The van der Waals surface area contributed by atoms with Crippen LogP contribution in [0.5, 0.6) is 5.75 Å². The molecule has 1 aromatic heterocycles. The number of fused-ring (bicyclic) bond motifs is 1. The zero-order valence-corrected chi connectivity index (χ0v) is 15.1. The number of phenolic OH excluding ortho intramolecular Hbond substituents is 1. The summed E-state index contributed by atoms with van der Waals surface area (Å²) in [7, 11) is 0. The van der Waals surface area contributed by atoms with Gasteiger partial charge in [0.05, 0.1) is 16.6 Å². The first-order valence-corrected chi connectivity index (χ1v) is 8.97. The van der Waals surface area contributed by atoms with E-state index in [9.17, 15) is 15.0 Å². The highest BCUT2D eigenvalue weighted by molar-refractivity contribution is 6.35. The van der Waals surface area contributed by atoms with Crippen LogP contribution < -0.4 is 0 Å². The highest BCUT2D eigenvalue weighted by Gasteiger charge is 2.18. The lowest BCUT2D eigenvalue weighted by Gasteiger charge is -2.07. The van der Waals surface area contributed by atoms with Crippen LogP contribution in [0.3, 0.4) is 0 Å². The summed E-state index contributed by atoms with van der Waals surface area (Å²) >= 11 is 6.41. The van der Waals surface area contributed by atoms with Gasteiger partial charge >= 0.3 is 5.97 Å². The van der Waals surface area contributed by atoms with Crippen LogP contribution in [0.15, 0.2) is 53.7 Å². The van der Waals surface area contributed by atoms with Gasteiger partial charge in [-0.2, -0.15) is 0 Å². The maximum Gasteiger partial charge on any atom is 0.337 e. The summed E-state index contributed by atoms with van der Waals surface area (Å²) in [6, 6.07) is 10.8. The molecule has 3 N–H and O–H groups in total. The van der Waals surface area contributed by atoms with E-state index in [1.807, 2.05) is 18.2 Å². The van der Waals surface area contributed by atoms with Gasteiger partial charge in [-0.15, -0.1) is 0 Å². The SMILES string of the molecule is O=C(O)c1c[nH]c2cc(Cl)c(C3=CC(CCc4ccccc4O)N=C3)cc12. The third kappa shape index (κ3) is 3.34. The summed E-state index contributed by atoms with van der Waals surface area (Å²) in [5, 5.41) is 20.4. The van der Waals surface area contributed by atoms with Gasteiger partial charge in [-0.1, -0.05) is 35.9 Å². The molecule has 0 aliphatic carbocycles. The number of aromatic nitrogens is 1. The summed E-state index contributed by atoms with van der Waals surface area (Å²) in [4.78, 5) is 18.8. The Morgan fingerprint density at radius 2 is 2.07 bits per heavy atom. The molecule has 2 aromatic carbocycles. The van der Waals surface area contributed by atoms with Crippen molar-refractivity contribution in [3.63, 3.8) is 0 Å². The number of aromatic carboxylic acids is 1. The fraction of sp³-hybridized carbons (Fsp3) is 0.143. The Bertz CT molecular complexity index is 1100. The fourth-order valence-corrected chi connectivity index (χ4v) is 3.63. The molecule has 0 fully saturated rings. The second-order valence-corrected chi connectivity index (χ2v) is 6.93. The molecule has 0 saturated carbocycles. The van der Waals surface area contributed by atoms with Crippen molar-refractivity contribution in [1.29, 1.82) is 0 Å². The number of carboxylic acids is 1. The molecule has 5 nitrogen and oxygen atoms in total. The number of carbonyl (C=O) groups is 1. The molecule has 2 heterocycles. The van der Waals surface area contributed by atoms with Crippen molar-refractivity contribution in [3.05, 3.63) is 70.4 Å². The molecule has 0 radical (unpaired) electrons. The van der Waals surface area contributed by atoms with Gasteiger partial charge in [0.25, 0.3) is 0 Å². The number of aromatic amines is 1. The van der Waals surface area contributed by atoms with Gasteiger partial charge in [0.2, 0.25) is 0 Å². The number of nitrogens with one attached hydrogen (secondary N) is 1. The number of H-pyrrole nitrogens is 1. The molecule has 1 aliphatic rings. The molecule has 4 rings (SSSR count). The number of halogens is 1. The van der Waals surface area contributed by atoms with Gasteiger partial charge in [0.15, 0.2) is 0 Å². The average Bonchev–Trinajstić information content (AvgIpc) is 3.26. The Morgan fingerprint density at radius 1 is 1.26 bits per heavy atom. The lowest BCUT2D eigenvalue weighted by Crippen LogP contribution is -2.00. The summed E-state index contributed by atoms with van der Waals surface area (Å²) in [5.74, 6) is -0.685. The Kier molecular flexibility index (Phi) is 4.46. The number of phenols is 1. The molecule has 6 heteroatoms. The maximum atomic E-state index is 11.4. The van der Waals surface area contributed by atoms with Gasteiger partial charge < -0.3 is 15.2 Å². The second kappa shape index (κ2) is 6.93. The minimum atomic E-state index is -0.982. The molecule has 1 atom stereocenters. The molecule has 0 saturated heterocycles. The summed E-state index contributed by atoms with van der Waals surface area (Å²) in [6.45, 7) is 0.